The summed E-state index contributed by atoms with van der Waals surface area (Å²) in [5.74, 6) is 0.0987. The summed E-state index contributed by atoms with van der Waals surface area (Å²) in [4.78, 5) is 20.8. The molecule has 14 nitrogen and oxygen atoms in total. The van der Waals surface area contributed by atoms with E-state index in [2.05, 4.69) is 21.1 Å². The van der Waals surface area contributed by atoms with E-state index in [1.807, 2.05) is 13.8 Å². The quantitative estimate of drug-likeness (QED) is 0.153. The van der Waals surface area contributed by atoms with E-state index in [4.69, 9.17) is 33.7 Å². The van der Waals surface area contributed by atoms with Crippen molar-refractivity contribution >= 4 is 30.9 Å². The Morgan fingerprint density at radius 2 is 1.93 bits per heavy atom. The highest BCUT2D eigenvalue weighted by Crippen LogP contribution is 2.52. The number of nitriles is 1. The number of nitrogen functional groups attached to an aromatic ring is 1. The van der Waals surface area contributed by atoms with E-state index in [9.17, 15) is 14.6 Å². The van der Waals surface area contributed by atoms with Gasteiger partial charge in [0.15, 0.2) is 11.6 Å². The monoisotopic (exact) mass is 654 g/mol. The number of nitrogens with two attached hydrogens (primary N) is 1. The number of hydrogen-bond acceptors (Lipinski definition) is 13. The zero-order valence-corrected chi connectivity index (χ0v) is 27.3. The first-order valence-electron chi connectivity index (χ1n) is 15.2. The van der Waals surface area contributed by atoms with Crippen molar-refractivity contribution in [3.05, 3.63) is 54.5 Å². The van der Waals surface area contributed by atoms with Gasteiger partial charge in [-0.2, -0.15) is 10.4 Å². The standard InChI is InChI=1S/C31H39N6O8P/c1-6-21(7-2)15-40-29(38)20(3)35-19-46(39,45-22-11-9-8-10-12-22)41-16-24-26-27(44-30(4,5)43-26)31(17-32,42-24)25-14-13-23-28(33)34-18-36-37(23)25/h8-14,18-21,24,26-27H,6-7,15-16H2,1-5H3,(H2,33,34,36)/b35-19+/t20-,24+,26+,27+,31-,46?/m0/s1. The zero-order chi connectivity index (χ0) is 33.1. The van der Waals surface area contributed by atoms with E-state index < -0.39 is 49.3 Å². The van der Waals surface area contributed by atoms with Gasteiger partial charge in [-0.05, 0) is 51.0 Å². The highest BCUT2D eigenvalue weighted by atomic mass is 31.2. The van der Waals surface area contributed by atoms with E-state index in [0.717, 1.165) is 18.8 Å². The number of benzene rings is 1. The molecule has 0 bridgehead atoms. The summed E-state index contributed by atoms with van der Waals surface area (Å²) in [5.41, 5.74) is 5.17. The summed E-state index contributed by atoms with van der Waals surface area (Å²) < 4.78 is 51.5. The zero-order valence-electron chi connectivity index (χ0n) is 26.4. The molecule has 2 aliphatic heterocycles. The van der Waals surface area contributed by atoms with Crippen molar-refractivity contribution in [2.24, 2.45) is 10.9 Å². The maximum absolute atomic E-state index is 14.1. The Kier molecular flexibility index (Phi) is 9.81. The molecule has 6 atom stereocenters. The van der Waals surface area contributed by atoms with Crippen LogP contribution in [0.25, 0.3) is 5.52 Å². The van der Waals surface area contributed by atoms with Crippen molar-refractivity contribution in [3.8, 4) is 11.8 Å². The molecule has 2 saturated heterocycles. The fraction of sp³-hybridized carbons (Fsp3) is 0.516. The van der Waals surface area contributed by atoms with E-state index in [1.165, 1.54) is 17.8 Å². The summed E-state index contributed by atoms with van der Waals surface area (Å²) in [6.45, 7) is 8.98. The molecule has 15 heteroatoms. The summed E-state index contributed by atoms with van der Waals surface area (Å²) in [5, 5.41) is 14.9. The Labute approximate surface area is 267 Å². The van der Waals surface area contributed by atoms with Gasteiger partial charge in [0.25, 0.3) is 0 Å². The number of carbonyl (C=O) groups excluding carboxylic acids is 1. The van der Waals surface area contributed by atoms with Crippen molar-refractivity contribution < 1.29 is 37.4 Å². The number of ether oxygens (including phenoxy) is 4. The normalized spacial score (nSPS) is 25.7. The van der Waals surface area contributed by atoms with Crippen molar-refractivity contribution in [1.29, 1.82) is 5.26 Å². The third kappa shape index (κ3) is 6.79. The number of fused-ring (bicyclic) bond motifs is 2. The predicted octanol–water partition coefficient (Wildman–Crippen LogP) is 4.63. The van der Waals surface area contributed by atoms with Gasteiger partial charge in [-0.3, -0.25) is 9.52 Å². The molecule has 246 valence electrons. The maximum atomic E-state index is 14.1. The van der Waals surface area contributed by atoms with Gasteiger partial charge in [0.2, 0.25) is 5.60 Å². The number of hydrogen-bond donors (Lipinski definition) is 1. The van der Waals surface area contributed by atoms with Gasteiger partial charge in [-0.1, -0.05) is 44.9 Å². The summed E-state index contributed by atoms with van der Waals surface area (Å²) in [6, 6.07) is 13.1. The van der Waals surface area contributed by atoms with Gasteiger partial charge >= 0.3 is 13.6 Å². The lowest BCUT2D eigenvalue weighted by atomic mass is 9.92. The Hall–Kier alpha value is -3.86. The number of nitrogens with zero attached hydrogens (tertiary/aromatic N) is 5. The molecule has 0 amide bonds. The van der Waals surface area contributed by atoms with Crippen LogP contribution in [0.3, 0.4) is 0 Å². The van der Waals surface area contributed by atoms with Crippen molar-refractivity contribution in [3.63, 3.8) is 0 Å². The van der Waals surface area contributed by atoms with Crippen LogP contribution in [0.5, 0.6) is 5.75 Å². The van der Waals surface area contributed by atoms with Crippen LogP contribution >= 0.6 is 7.60 Å². The Morgan fingerprint density at radius 1 is 1.20 bits per heavy atom. The van der Waals surface area contributed by atoms with Gasteiger partial charge in [0.05, 0.1) is 18.9 Å². The van der Waals surface area contributed by atoms with E-state index >= 15 is 0 Å². The van der Waals surface area contributed by atoms with Crippen molar-refractivity contribution in [2.75, 3.05) is 18.9 Å². The lowest BCUT2D eigenvalue weighted by Gasteiger charge is -2.29. The first-order valence-corrected chi connectivity index (χ1v) is 16.8. The Bertz CT molecular complexity index is 1660. The third-order valence-corrected chi connectivity index (χ3v) is 9.44. The van der Waals surface area contributed by atoms with Crippen LogP contribution in [0.4, 0.5) is 5.82 Å². The van der Waals surface area contributed by atoms with Gasteiger partial charge in [0.1, 0.15) is 54.0 Å². The minimum atomic E-state index is -4.16. The van der Waals surface area contributed by atoms with Crippen LogP contribution in [0, 0.1) is 17.2 Å². The number of rotatable bonds is 13. The van der Waals surface area contributed by atoms with Crippen LogP contribution in [0.2, 0.25) is 0 Å². The maximum Gasteiger partial charge on any atom is 0.421 e. The fourth-order valence-corrected chi connectivity index (χ4v) is 6.74. The number of aliphatic imine (C=N–C) groups is 1. The molecule has 0 saturated carbocycles. The Morgan fingerprint density at radius 3 is 2.63 bits per heavy atom. The SMILES string of the molecule is CCC(CC)COC(=O)[C@H](C)/N=C/P(=O)(OC[C@H]1O[C@@](C#N)(c2ccc3c(N)ncnn23)[C@@H]2OC(C)(C)O[C@@H]21)Oc1ccccc1. The summed E-state index contributed by atoms with van der Waals surface area (Å²) >= 11 is 0. The molecule has 0 spiro atoms. The van der Waals surface area contributed by atoms with E-state index in [1.54, 1.807) is 56.3 Å². The molecule has 5 rings (SSSR count). The molecule has 2 fully saturated rings. The molecule has 3 aromatic rings. The first kappa shape index (κ1) is 33.5. The van der Waals surface area contributed by atoms with Gasteiger partial charge < -0.3 is 29.2 Å². The fourth-order valence-electron chi connectivity index (χ4n) is 5.44. The number of esters is 1. The summed E-state index contributed by atoms with van der Waals surface area (Å²) in [6.07, 6.45) is 0.367. The highest BCUT2D eigenvalue weighted by molar-refractivity contribution is 7.70. The van der Waals surface area contributed by atoms with Gasteiger partial charge in [0, 0.05) is 0 Å². The molecular formula is C31H39N6O8P. The minimum Gasteiger partial charge on any atom is -0.464 e. The topological polar surface area (TPSA) is 182 Å². The second-order valence-electron chi connectivity index (χ2n) is 11.7. The van der Waals surface area contributed by atoms with Crippen molar-refractivity contribution in [1.82, 2.24) is 14.6 Å². The largest absolute Gasteiger partial charge is 0.464 e. The molecule has 0 aliphatic carbocycles. The molecule has 4 heterocycles. The average Bonchev–Trinajstić information content (AvgIpc) is 3.70. The molecule has 2 N–H and O–H groups in total. The van der Waals surface area contributed by atoms with Crippen LogP contribution < -0.4 is 10.3 Å². The van der Waals surface area contributed by atoms with Crippen LogP contribution in [-0.4, -0.2) is 69.9 Å². The number of para-hydroxylation sites is 1. The molecule has 46 heavy (non-hydrogen) atoms. The lowest BCUT2D eigenvalue weighted by molar-refractivity contribution is -0.203. The number of carbonyl (C=O) groups is 1. The highest BCUT2D eigenvalue weighted by Gasteiger charge is 2.65. The van der Waals surface area contributed by atoms with Gasteiger partial charge in [-0.25, -0.2) is 18.9 Å². The number of aromatic nitrogens is 3. The lowest BCUT2D eigenvalue weighted by Crippen LogP contribution is -2.40. The van der Waals surface area contributed by atoms with E-state index in [-0.39, 0.29) is 30.7 Å². The predicted molar refractivity (Wildman–Crippen MR) is 167 cm³/mol. The second kappa shape index (κ2) is 13.5. The van der Waals surface area contributed by atoms with Gasteiger partial charge in [-0.15, -0.1) is 0 Å². The first-order chi connectivity index (χ1) is 21.9. The summed E-state index contributed by atoms with van der Waals surface area (Å²) in [7, 11) is -4.16. The molecule has 2 aliphatic rings. The van der Waals surface area contributed by atoms with Crippen LogP contribution in [-0.2, 0) is 38.4 Å². The second-order valence-corrected chi connectivity index (χ2v) is 13.4. The molecule has 1 unspecified atom stereocenters. The molecular weight excluding hydrogens is 615 g/mol. The third-order valence-electron chi connectivity index (χ3n) is 8.05. The smallest absolute Gasteiger partial charge is 0.421 e. The van der Waals surface area contributed by atoms with E-state index in [0.29, 0.717) is 11.2 Å². The van der Waals surface area contributed by atoms with Crippen LogP contribution in [0.15, 0.2) is 53.8 Å². The average molecular weight is 655 g/mol. The minimum absolute atomic E-state index is 0.222. The number of anilines is 1. The molecule has 2 aromatic heterocycles. The van der Waals surface area contributed by atoms with Crippen molar-refractivity contribution in [2.45, 2.75) is 83.2 Å². The molecule has 1 aromatic carbocycles. The van der Waals surface area contributed by atoms with Crippen LogP contribution in [0.1, 0.15) is 53.2 Å². The molecule has 0 radical (unpaired) electrons. The Balaban J connectivity index is 1.40.